The molecule has 1 heterocycles. The highest BCUT2D eigenvalue weighted by molar-refractivity contribution is 6.00. The Morgan fingerprint density at radius 2 is 2.21 bits per heavy atom. The zero-order valence-corrected chi connectivity index (χ0v) is 11.6. The molecule has 0 bridgehead atoms. The zero-order chi connectivity index (χ0) is 13.7. The maximum absolute atomic E-state index is 12.4. The van der Waals surface area contributed by atoms with E-state index in [4.69, 9.17) is 9.47 Å². The van der Waals surface area contributed by atoms with E-state index in [0.717, 1.165) is 31.7 Å². The standard InChI is InChI=1S/C15H21NO3/c1-12-4-5-13(15(10-12)18-2)14(17)11-16-6-3-8-19-9-7-16/h4-5,10H,3,6-9,11H2,1-2H3. The Hall–Kier alpha value is -1.39. The second-order valence-electron chi connectivity index (χ2n) is 4.87. The molecule has 1 aliphatic heterocycles. The number of benzene rings is 1. The van der Waals surface area contributed by atoms with Gasteiger partial charge in [0.1, 0.15) is 5.75 Å². The fraction of sp³-hybridized carbons (Fsp3) is 0.533. The third kappa shape index (κ3) is 3.78. The van der Waals surface area contributed by atoms with Crippen molar-refractivity contribution in [3.8, 4) is 5.75 Å². The number of hydrogen-bond donors (Lipinski definition) is 0. The first-order chi connectivity index (χ1) is 9.20. The van der Waals surface area contributed by atoms with Crippen molar-refractivity contribution in [3.05, 3.63) is 29.3 Å². The molecule has 19 heavy (non-hydrogen) atoms. The van der Waals surface area contributed by atoms with Crippen LogP contribution in [0.3, 0.4) is 0 Å². The number of carbonyl (C=O) groups excluding carboxylic acids is 1. The minimum absolute atomic E-state index is 0.110. The third-order valence-corrected chi connectivity index (χ3v) is 3.34. The molecule has 4 heteroatoms. The Morgan fingerprint density at radius 1 is 1.37 bits per heavy atom. The maximum atomic E-state index is 12.4. The van der Waals surface area contributed by atoms with E-state index in [9.17, 15) is 4.79 Å². The lowest BCUT2D eigenvalue weighted by Crippen LogP contribution is -2.32. The molecule has 0 radical (unpaired) electrons. The van der Waals surface area contributed by atoms with E-state index >= 15 is 0 Å². The Labute approximate surface area is 114 Å². The summed E-state index contributed by atoms with van der Waals surface area (Å²) in [4.78, 5) is 14.5. The van der Waals surface area contributed by atoms with Gasteiger partial charge < -0.3 is 9.47 Å². The SMILES string of the molecule is COc1cc(C)ccc1C(=O)CN1CCCOCC1. The third-order valence-electron chi connectivity index (χ3n) is 3.34. The summed E-state index contributed by atoms with van der Waals surface area (Å²) in [5.41, 5.74) is 1.76. The number of hydrogen-bond acceptors (Lipinski definition) is 4. The van der Waals surface area contributed by atoms with Crippen molar-refractivity contribution < 1.29 is 14.3 Å². The maximum Gasteiger partial charge on any atom is 0.180 e. The van der Waals surface area contributed by atoms with Crippen LogP contribution in [0, 0.1) is 6.92 Å². The van der Waals surface area contributed by atoms with Crippen LogP contribution in [0.5, 0.6) is 5.75 Å². The summed E-state index contributed by atoms with van der Waals surface area (Å²) in [6, 6.07) is 5.70. The molecule has 1 aromatic carbocycles. The zero-order valence-electron chi connectivity index (χ0n) is 11.6. The van der Waals surface area contributed by atoms with Crippen molar-refractivity contribution in [2.45, 2.75) is 13.3 Å². The van der Waals surface area contributed by atoms with Gasteiger partial charge in [-0.2, -0.15) is 0 Å². The van der Waals surface area contributed by atoms with E-state index in [1.807, 2.05) is 25.1 Å². The largest absolute Gasteiger partial charge is 0.496 e. The highest BCUT2D eigenvalue weighted by atomic mass is 16.5. The number of rotatable bonds is 4. The lowest BCUT2D eigenvalue weighted by Gasteiger charge is -2.18. The molecule has 0 aliphatic carbocycles. The molecule has 0 atom stereocenters. The van der Waals surface area contributed by atoms with E-state index in [2.05, 4.69) is 4.90 Å². The molecule has 1 aliphatic rings. The van der Waals surface area contributed by atoms with Crippen LogP contribution in [-0.2, 0) is 4.74 Å². The number of carbonyl (C=O) groups is 1. The van der Waals surface area contributed by atoms with Crippen LogP contribution in [-0.4, -0.2) is 50.6 Å². The summed E-state index contributed by atoms with van der Waals surface area (Å²) in [7, 11) is 1.60. The molecule has 0 spiro atoms. The van der Waals surface area contributed by atoms with Crippen molar-refractivity contribution in [1.29, 1.82) is 0 Å². The quantitative estimate of drug-likeness (QED) is 0.778. The molecule has 2 rings (SSSR count). The van der Waals surface area contributed by atoms with Gasteiger partial charge in [-0.05, 0) is 31.0 Å². The number of methoxy groups -OCH3 is 1. The summed E-state index contributed by atoms with van der Waals surface area (Å²) < 4.78 is 10.7. The van der Waals surface area contributed by atoms with Gasteiger partial charge in [0.25, 0.3) is 0 Å². The van der Waals surface area contributed by atoms with Crippen LogP contribution in [0.1, 0.15) is 22.3 Å². The number of nitrogens with zero attached hydrogens (tertiary/aromatic N) is 1. The van der Waals surface area contributed by atoms with Gasteiger partial charge in [-0.1, -0.05) is 6.07 Å². The number of Topliss-reactive ketones (excluding diaryl/α,β-unsaturated/α-hetero) is 1. The molecule has 1 fully saturated rings. The monoisotopic (exact) mass is 263 g/mol. The molecule has 0 unspecified atom stereocenters. The van der Waals surface area contributed by atoms with Gasteiger partial charge in [0.2, 0.25) is 0 Å². The lowest BCUT2D eigenvalue weighted by atomic mass is 10.1. The topological polar surface area (TPSA) is 38.8 Å². The summed E-state index contributed by atoms with van der Waals surface area (Å²) >= 11 is 0. The lowest BCUT2D eigenvalue weighted by molar-refractivity contribution is 0.0919. The van der Waals surface area contributed by atoms with E-state index in [1.54, 1.807) is 7.11 Å². The molecule has 4 nitrogen and oxygen atoms in total. The van der Waals surface area contributed by atoms with E-state index in [0.29, 0.717) is 24.5 Å². The molecule has 1 aromatic rings. The van der Waals surface area contributed by atoms with Crippen molar-refractivity contribution in [2.75, 3.05) is 40.0 Å². The van der Waals surface area contributed by atoms with Gasteiger partial charge in [-0.15, -0.1) is 0 Å². The normalized spacial score (nSPS) is 16.9. The number of aryl methyl sites for hydroxylation is 1. The van der Waals surface area contributed by atoms with Crippen molar-refractivity contribution in [2.24, 2.45) is 0 Å². The Balaban J connectivity index is 2.06. The molecule has 1 saturated heterocycles. The average molecular weight is 263 g/mol. The number of ether oxygens (including phenoxy) is 2. The molecule has 0 amide bonds. The van der Waals surface area contributed by atoms with Crippen LogP contribution in [0.4, 0.5) is 0 Å². The Kier molecular flexibility index (Phi) is 4.93. The second-order valence-corrected chi connectivity index (χ2v) is 4.87. The molecule has 0 N–H and O–H groups in total. The van der Waals surface area contributed by atoms with Crippen LogP contribution in [0.2, 0.25) is 0 Å². The van der Waals surface area contributed by atoms with Crippen molar-refractivity contribution >= 4 is 5.78 Å². The number of ketones is 1. The van der Waals surface area contributed by atoms with Crippen molar-refractivity contribution in [1.82, 2.24) is 4.90 Å². The smallest absolute Gasteiger partial charge is 0.180 e. The van der Waals surface area contributed by atoms with Crippen LogP contribution < -0.4 is 4.74 Å². The molecular weight excluding hydrogens is 242 g/mol. The summed E-state index contributed by atoms with van der Waals surface area (Å²) in [6.45, 7) is 5.66. The summed E-state index contributed by atoms with van der Waals surface area (Å²) in [5, 5.41) is 0. The van der Waals surface area contributed by atoms with Gasteiger partial charge in [-0.25, -0.2) is 0 Å². The highest BCUT2D eigenvalue weighted by Crippen LogP contribution is 2.20. The minimum atomic E-state index is 0.110. The molecular formula is C15H21NO3. The highest BCUT2D eigenvalue weighted by Gasteiger charge is 2.17. The van der Waals surface area contributed by atoms with Gasteiger partial charge >= 0.3 is 0 Å². The van der Waals surface area contributed by atoms with E-state index in [1.165, 1.54) is 0 Å². The Morgan fingerprint density at radius 3 is 3.00 bits per heavy atom. The fourth-order valence-corrected chi connectivity index (χ4v) is 2.27. The van der Waals surface area contributed by atoms with E-state index < -0.39 is 0 Å². The van der Waals surface area contributed by atoms with Crippen LogP contribution in [0.15, 0.2) is 18.2 Å². The second kappa shape index (κ2) is 6.68. The average Bonchev–Trinajstić information content (AvgIpc) is 2.67. The molecule has 0 aromatic heterocycles. The first kappa shape index (κ1) is 14.0. The predicted molar refractivity (Wildman–Crippen MR) is 73.9 cm³/mol. The van der Waals surface area contributed by atoms with E-state index in [-0.39, 0.29) is 5.78 Å². The summed E-state index contributed by atoms with van der Waals surface area (Å²) in [6.07, 6.45) is 0.984. The molecule has 104 valence electrons. The molecule has 0 saturated carbocycles. The van der Waals surface area contributed by atoms with Crippen LogP contribution >= 0.6 is 0 Å². The Bertz CT molecular complexity index is 437. The van der Waals surface area contributed by atoms with Gasteiger partial charge in [0.05, 0.1) is 25.8 Å². The fourth-order valence-electron chi connectivity index (χ4n) is 2.27. The summed E-state index contributed by atoms with van der Waals surface area (Å²) in [5.74, 6) is 0.773. The minimum Gasteiger partial charge on any atom is -0.496 e. The predicted octanol–water partition coefficient (Wildman–Crippen LogP) is 1.91. The van der Waals surface area contributed by atoms with Crippen LogP contribution in [0.25, 0.3) is 0 Å². The first-order valence-corrected chi connectivity index (χ1v) is 6.68. The first-order valence-electron chi connectivity index (χ1n) is 6.68. The van der Waals surface area contributed by atoms with Gasteiger partial charge in [0.15, 0.2) is 5.78 Å². The van der Waals surface area contributed by atoms with Crippen molar-refractivity contribution in [3.63, 3.8) is 0 Å². The van der Waals surface area contributed by atoms with Gasteiger partial charge in [0, 0.05) is 19.7 Å². The van der Waals surface area contributed by atoms with Gasteiger partial charge in [-0.3, -0.25) is 9.69 Å².